The minimum Gasteiger partial charge on any atom is -0.202 e. The summed E-state index contributed by atoms with van der Waals surface area (Å²) in [6.07, 6.45) is 11.3. The number of rotatable bonds is 4. The van der Waals surface area contributed by atoms with Crippen LogP contribution >= 0.6 is 0 Å². The number of nitrogens with zero attached hydrogens (tertiary/aromatic N) is 1. The Kier molecular flexibility index (Phi) is 3.98. The Morgan fingerprint density at radius 2 is 2.29 bits per heavy atom. The zero-order chi connectivity index (χ0) is 12.3. The van der Waals surface area contributed by atoms with Gasteiger partial charge in [0.05, 0.1) is 0 Å². The van der Waals surface area contributed by atoms with Crippen LogP contribution in [0.15, 0.2) is 31.1 Å². The molecular weight excluding hydrogens is 206 g/mol. The number of hydrogen-bond donors (Lipinski definition) is 0. The van der Waals surface area contributed by atoms with E-state index in [1.165, 1.54) is 37.7 Å². The second-order valence-corrected chi connectivity index (χ2v) is 5.44. The molecule has 1 saturated carbocycles. The molecule has 1 aromatic heterocycles. The summed E-state index contributed by atoms with van der Waals surface area (Å²) in [5.74, 6) is 0.950. The molecule has 0 aromatic carbocycles. The predicted molar refractivity (Wildman–Crippen MR) is 72.6 cm³/mol. The summed E-state index contributed by atoms with van der Waals surface area (Å²) in [4.78, 5) is 0. The minimum atomic E-state index is 0.714. The maximum atomic E-state index is 4.02. The number of pyridine rings is 1. The van der Waals surface area contributed by atoms with Crippen molar-refractivity contribution in [1.82, 2.24) is 0 Å². The van der Waals surface area contributed by atoms with Gasteiger partial charge in [-0.15, -0.1) is 0 Å². The highest BCUT2D eigenvalue weighted by molar-refractivity contribution is 5.59. The van der Waals surface area contributed by atoms with Crippen molar-refractivity contribution < 1.29 is 4.57 Å². The van der Waals surface area contributed by atoms with Crippen molar-refractivity contribution in [2.45, 2.75) is 52.0 Å². The van der Waals surface area contributed by atoms with E-state index in [2.05, 4.69) is 49.5 Å². The van der Waals surface area contributed by atoms with E-state index in [9.17, 15) is 0 Å². The summed E-state index contributed by atoms with van der Waals surface area (Å²) >= 11 is 0. The van der Waals surface area contributed by atoms with E-state index in [0.717, 1.165) is 11.5 Å². The zero-order valence-corrected chi connectivity index (χ0v) is 11.2. The van der Waals surface area contributed by atoms with E-state index >= 15 is 0 Å². The number of hydrogen-bond acceptors (Lipinski definition) is 0. The lowest BCUT2D eigenvalue weighted by Gasteiger charge is -2.08. The van der Waals surface area contributed by atoms with Crippen LogP contribution in [0.1, 0.15) is 57.6 Å². The van der Waals surface area contributed by atoms with Crippen molar-refractivity contribution >= 4 is 5.57 Å². The lowest BCUT2D eigenvalue weighted by atomic mass is 10.0. The quantitative estimate of drug-likeness (QED) is 0.684. The van der Waals surface area contributed by atoms with Crippen molar-refractivity contribution in [3.63, 3.8) is 0 Å². The molecule has 2 atom stereocenters. The molecule has 0 unspecified atom stereocenters. The maximum Gasteiger partial charge on any atom is 0.176 e. The fourth-order valence-corrected chi connectivity index (χ4v) is 2.96. The van der Waals surface area contributed by atoms with Crippen LogP contribution in [0.2, 0.25) is 0 Å². The van der Waals surface area contributed by atoms with Crippen LogP contribution in [-0.4, -0.2) is 0 Å². The molecule has 0 radical (unpaired) electrons. The predicted octanol–water partition coefficient (Wildman–Crippen LogP) is 4.15. The third kappa shape index (κ3) is 2.96. The van der Waals surface area contributed by atoms with Crippen molar-refractivity contribution in [2.75, 3.05) is 0 Å². The van der Waals surface area contributed by atoms with Gasteiger partial charge < -0.3 is 0 Å². The molecule has 1 heterocycles. The first-order chi connectivity index (χ1) is 8.20. The third-order valence-electron chi connectivity index (χ3n) is 3.95. The highest BCUT2D eigenvalue weighted by atomic mass is 15.0. The average Bonchev–Trinajstić information content (AvgIpc) is 2.78. The van der Waals surface area contributed by atoms with Gasteiger partial charge in [-0.2, -0.15) is 0 Å². The van der Waals surface area contributed by atoms with Gasteiger partial charge in [-0.25, -0.2) is 4.57 Å². The van der Waals surface area contributed by atoms with Crippen LogP contribution in [-0.2, 0) is 0 Å². The van der Waals surface area contributed by atoms with Crippen LogP contribution in [0.4, 0.5) is 0 Å². The first-order valence-electron chi connectivity index (χ1n) is 6.87. The standard InChI is InChI=1S/C16H24N/c1-4-6-14-8-9-16(11-14)17-10-5-7-15(12-17)13(2)3/h5,7,10,12,14,16H,2,4,6,8-9,11H2,1,3H3/q+1/t14-,16+/m1/s1. The topological polar surface area (TPSA) is 3.88 Å². The first-order valence-corrected chi connectivity index (χ1v) is 6.87. The Labute approximate surface area is 105 Å². The number of aromatic nitrogens is 1. The molecule has 1 aromatic rings. The summed E-state index contributed by atoms with van der Waals surface area (Å²) in [6.45, 7) is 8.40. The molecule has 0 bridgehead atoms. The third-order valence-corrected chi connectivity index (χ3v) is 3.95. The fourth-order valence-electron chi connectivity index (χ4n) is 2.96. The van der Waals surface area contributed by atoms with Crippen LogP contribution in [0, 0.1) is 5.92 Å². The van der Waals surface area contributed by atoms with Crippen LogP contribution in [0.25, 0.3) is 5.57 Å². The number of allylic oxidation sites excluding steroid dienone is 1. The highest BCUT2D eigenvalue weighted by Gasteiger charge is 2.30. The molecule has 1 aliphatic rings. The molecular formula is C16H24N+. The maximum absolute atomic E-state index is 4.02. The summed E-state index contributed by atoms with van der Waals surface area (Å²) in [5, 5.41) is 0. The second kappa shape index (κ2) is 5.48. The molecule has 0 amide bonds. The van der Waals surface area contributed by atoms with E-state index in [1.807, 2.05) is 0 Å². The zero-order valence-electron chi connectivity index (χ0n) is 11.2. The molecule has 0 spiro atoms. The van der Waals surface area contributed by atoms with Gasteiger partial charge in [0.15, 0.2) is 18.4 Å². The van der Waals surface area contributed by atoms with Crippen molar-refractivity contribution in [3.05, 3.63) is 36.7 Å². The highest BCUT2D eigenvalue weighted by Crippen LogP contribution is 2.33. The molecule has 2 rings (SSSR count). The normalized spacial score (nSPS) is 23.9. The van der Waals surface area contributed by atoms with E-state index in [-0.39, 0.29) is 0 Å². The van der Waals surface area contributed by atoms with Gasteiger partial charge in [0.2, 0.25) is 0 Å². The van der Waals surface area contributed by atoms with E-state index < -0.39 is 0 Å². The average molecular weight is 230 g/mol. The summed E-state index contributed by atoms with van der Waals surface area (Å²) < 4.78 is 2.40. The first kappa shape index (κ1) is 12.3. The molecule has 17 heavy (non-hydrogen) atoms. The monoisotopic (exact) mass is 230 g/mol. The largest absolute Gasteiger partial charge is 0.202 e. The Morgan fingerprint density at radius 1 is 1.47 bits per heavy atom. The molecule has 0 N–H and O–H groups in total. The lowest BCUT2D eigenvalue weighted by Crippen LogP contribution is -2.37. The van der Waals surface area contributed by atoms with E-state index in [0.29, 0.717) is 6.04 Å². The Bertz CT molecular complexity index is 394. The summed E-state index contributed by atoms with van der Waals surface area (Å²) in [6, 6.07) is 5.01. The minimum absolute atomic E-state index is 0.714. The van der Waals surface area contributed by atoms with Crippen molar-refractivity contribution in [3.8, 4) is 0 Å². The molecule has 1 nitrogen and oxygen atoms in total. The van der Waals surface area contributed by atoms with Gasteiger partial charge in [0.25, 0.3) is 0 Å². The van der Waals surface area contributed by atoms with Gasteiger partial charge in [-0.1, -0.05) is 26.3 Å². The molecule has 0 saturated heterocycles. The van der Waals surface area contributed by atoms with Crippen molar-refractivity contribution in [1.29, 1.82) is 0 Å². The molecule has 92 valence electrons. The lowest BCUT2D eigenvalue weighted by molar-refractivity contribution is -0.722. The molecule has 1 fully saturated rings. The second-order valence-electron chi connectivity index (χ2n) is 5.44. The Hall–Kier alpha value is -1.11. The van der Waals surface area contributed by atoms with Gasteiger partial charge in [0, 0.05) is 24.5 Å². The van der Waals surface area contributed by atoms with Gasteiger partial charge in [0.1, 0.15) is 0 Å². The fraction of sp³-hybridized carbons (Fsp3) is 0.562. The van der Waals surface area contributed by atoms with Gasteiger partial charge >= 0.3 is 0 Å². The van der Waals surface area contributed by atoms with Crippen molar-refractivity contribution in [2.24, 2.45) is 5.92 Å². The molecule has 1 aliphatic carbocycles. The smallest absolute Gasteiger partial charge is 0.176 e. The Balaban J connectivity index is 2.08. The molecule has 1 heteroatoms. The van der Waals surface area contributed by atoms with Crippen LogP contribution < -0.4 is 4.57 Å². The van der Waals surface area contributed by atoms with Gasteiger partial charge in [-0.3, -0.25) is 0 Å². The summed E-state index contributed by atoms with van der Waals surface area (Å²) in [7, 11) is 0. The Morgan fingerprint density at radius 3 is 3.00 bits per heavy atom. The van der Waals surface area contributed by atoms with Crippen LogP contribution in [0.5, 0.6) is 0 Å². The van der Waals surface area contributed by atoms with Crippen LogP contribution in [0.3, 0.4) is 0 Å². The summed E-state index contributed by atoms with van der Waals surface area (Å²) in [5.41, 5.74) is 2.42. The van der Waals surface area contributed by atoms with Gasteiger partial charge in [-0.05, 0) is 30.9 Å². The van der Waals surface area contributed by atoms with E-state index in [4.69, 9.17) is 0 Å². The van der Waals surface area contributed by atoms with E-state index in [1.54, 1.807) is 0 Å². The molecule has 0 aliphatic heterocycles. The SMILES string of the molecule is C=C(C)c1ccc[n+]([C@H]2CC[C@@H](CCC)C2)c1.